The van der Waals surface area contributed by atoms with E-state index in [0.29, 0.717) is 0 Å². The summed E-state index contributed by atoms with van der Waals surface area (Å²) in [5.74, 6) is -0.871. The molecule has 0 aromatic carbocycles. The first-order valence-corrected chi connectivity index (χ1v) is 4.60. The van der Waals surface area contributed by atoms with E-state index < -0.39 is 25.0 Å². The van der Waals surface area contributed by atoms with Gasteiger partial charge in [0.05, 0.1) is 13.0 Å². The van der Waals surface area contributed by atoms with Crippen LogP contribution in [0.4, 0.5) is 13.2 Å². The van der Waals surface area contributed by atoms with E-state index in [4.69, 9.17) is 4.42 Å². The summed E-state index contributed by atoms with van der Waals surface area (Å²) in [4.78, 5) is 14.8. The van der Waals surface area contributed by atoms with Crippen LogP contribution in [0.5, 0.6) is 0 Å². The highest BCUT2D eigenvalue weighted by Gasteiger charge is 2.29. The highest BCUT2D eigenvalue weighted by Crippen LogP contribution is 2.23. The molecule has 0 N–H and O–H groups in total. The molecule has 1 aromatic rings. The Morgan fingerprint density at radius 2 is 2.25 bits per heavy atom. The molecule has 0 spiro atoms. The van der Waals surface area contributed by atoms with Gasteiger partial charge in [-0.25, -0.2) is 9.78 Å². The van der Waals surface area contributed by atoms with Gasteiger partial charge in [-0.15, -0.1) is 0 Å². The van der Waals surface area contributed by atoms with Gasteiger partial charge in [0.1, 0.15) is 5.76 Å². The zero-order chi connectivity index (χ0) is 12.2. The summed E-state index contributed by atoms with van der Waals surface area (Å²) in [6.07, 6.45) is -4.84. The van der Waals surface area contributed by atoms with E-state index in [9.17, 15) is 18.0 Å². The molecule has 0 amide bonds. The number of aromatic nitrogens is 1. The minimum atomic E-state index is -4.29. The Morgan fingerprint density at radius 3 is 2.81 bits per heavy atom. The molecule has 0 fully saturated rings. The second-order valence-corrected chi connectivity index (χ2v) is 2.96. The number of nitrogens with zero attached hydrogens (tertiary/aromatic N) is 1. The van der Waals surface area contributed by atoms with E-state index in [-0.39, 0.29) is 18.1 Å². The fraction of sp³-hybridized carbons (Fsp3) is 0.556. The molecule has 0 saturated carbocycles. The Hall–Kier alpha value is -1.53. The number of aryl methyl sites for hydroxylation is 1. The Balaban J connectivity index is 2.67. The quantitative estimate of drug-likeness (QED) is 0.754. The monoisotopic (exact) mass is 237 g/mol. The van der Waals surface area contributed by atoms with E-state index >= 15 is 0 Å². The minimum absolute atomic E-state index is 0.101. The molecule has 0 saturated heterocycles. The van der Waals surface area contributed by atoms with Crippen molar-refractivity contribution in [2.24, 2.45) is 0 Å². The van der Waals surface area contributed by atoms with E-state index in [0.717, 1.165) is 6.39 Å². The zero-order valence-corrected chi connectivity index (χ0v) is 8.50. The van der Waals surface area contributed by atoms with Crippen LogP contribution in [0.2, 0.25) is 0 Å². The molecule has 90 valence electrons. The summed E-state index contributed by atoms with van der Waals surface area (Å²) in [6.45, 7) is 1.72. The average Bonchev–Trinajstić information content (AvgIpc) is 2.61. The number of hydrogen-bond donors (Lipinski definition) is 0. The largest absolute Gasteiger partial charge is 0.461 e. The van der Waals surface area contributed by atoms with E-state index in [1.807, 2.05) is 0 Å². The van der Waals surface area contributed by atoms with Gasteiger partial charge in [0, 0.05) is 6.42 Å². The van der Waals surface area contributed by atoms with Crippen molar-refractivity contribution < 1.29 is 27.1 Å². The molecule has 0 aliphatic heterocycles. The van der Waals surface area contributed by atoms with Crippen LogP contribution < -0.4 is 0 Å². The maximum Gasteiger partial charge on any atom is 0.389 e. The highest BCUT2D eigenvalue weighted by atomic mass is 19.4. The lowest BCUT2D eigenvalue weighted by atomic mass is 10.2. The van der Waals surface area contributed by atoms with Gasteiger partial charge in [-0.3, -0.25) is 0 Å². The van der Waals surface area contributed by atoms with Crippen LogP contribution in [-0.4, -0.2) is 23.7 Å². The molecule has 0 aliphatic rings. The number of carbonyl (C=O) groups is 1. The van der Waals surface area contributed by atoms with Gasteiger partial charge in [-0.05, 0) is 6.92 Å². The number of esters is 1. The van der Waals surface area contributed by atoms with Gasteiger partial charge < -0.3 is 9.15 Å². The first kappa shape index (κ1) is 12.5. The maximum atomic E-state index is 12.0. The lowest BCUT2D eigenvalue weighted by molar-refractivity contribution is -0.134. The van der Waals surface area contributed by atoms with E-state index in [2.05, 4.69) is 9.72 Å². The third-order valence-corrected chi connectivity index (χ3v) is 1.75. The standard InChI is InChI=1S/C9H10F3NO3/c1-2-15-8(14)7-6(16-5-13-7)3-4-9(10,11)12/h5H,2-4H2,1H3. The SMILES string of the molecule is CCOC(=O)c1ncoc1CCC(F)(F)F. The molecule has 1 aromatic heterocycles. The van der Waals surface area contributed by atoms with Gasteiger partial charge in [0.15, 0.2) is 12.1 Å². The van der Waals surface area contributed by atoms with Gasteiger partial charge in [-0.1, -0.05) is 0 Å². The summed E-state index contributed by atoms with van der Waals surface area (Å²) in [5.41, 5.74) is -0.189. The van der Waals surface area contributed by atoms with Crippen LogP contribution in [0.15, 0.2) is 10.8 Å². The summed E-state index contributed by atoms with van der Waals surface area (Å²) < 4.78 is 45.2. The van der Waals surface area contributed by atoms with Crippen molar-refractivity contribution in [1.82, 2.24) is 4.98 Å². The number of ether oxygens (including phenoxy) is 1. The second-order valence-electron chi connectivity index (χ2n) is 2.96. The molecule has 0 atom stereocenters. The average molecular weight is 237 g/mol. The Labute approximate surface area is 89.4 Å². The Kier molecular flexibility index (Phi) is 3.92. The van der Waals surface area contributed by atoms with Crippen LogP contribution in [0.1, 0.15) is 29.6 Å². The van der Waals surface area contributed by atoms with Crippen LogP contribution in [0.25, 0.3) is 0 Å². The normalized spacial score (nSPS) is 11.5. The molecule has 1 rings (SSSR count). The molecular weight excluding hydrogens is 227 g/mol. The van der Waals surface area contributed by atoms with Gasteiger partial charge >= 0.3 is 12.1 Å². The fourth-order valence-electron chi connectivity index (χ4n) is 1.07. The third kappa shape index (κ3) is 3.56. The van der Waals surface area contributed by atoms with Crippen molar-refractivity contribution in [1.29, 1.82) is 0 Å². The number of alkyl halides is 3. The topological polar surface area (TPSA) is 52.3 Å². The van der Waals surface area contributed by atoms with Crippen molar-refractivity contribution in [2.75, 3.05) is 6.61 Å². The number of rotatable bonds is 4. The van der Waals surface area contributed by atoms with Crippen LogP contribution in [-0.2, 0) is 11.2 Å². The fourth-order valence-corrected chi connectivity index (χ4v) is 1.07. The summed E-state index contributed by atoms with van der Waals surface area (Å²) in [5, 5.41) is 0. The van der Waals surface area contributed by atoms with Crippen LogP contribution in [0, 0.1) is 0 Å². The summed E-state index contributed by atoms with van der Waals surface area (Å²) >= 11 is 0. The molecule has 16 heavy (non-hydrogen) atoms. The molecule has 0 unspecified atom stereocenters. The maximum absolute atomic E-state index is 12.0. The van der Waals surface area contributed by atoms with Gasteiger partial charge in [0.2, 0.25) is 0 Å². The van der Waals surface area contributed by atoms with Crippen molar-refractivity contribution in [2.45, 2.75) is 25.9 Å². The number of halogens is 3. The molecule has 7 heteroatoms. The smallest absolute Gasteiger partial charge is 0.389 e. The lowest BCUT2D eigenvalue weighted by Crippen LogP contribution is -2.12. The summed E-state index contributed by atoms with van der Waals surface area (Å²) in [7, 11) is 0. The first-order chi connectivity index (χ1) is 7.44. The molecule has 0 radical (unpaired) electrons. The van der Waals surface area contributed by atoms with Crippen LogP contribution in [0.3, 0.4) is 0 Å². The molecule has 1 heterocycles. The first-order valence-electron chi connectivity index (χ1n) is 4.60. The number of hydrogen-bond acceptors (Lipinski definition) is 4. The van der Waals surface area contributed by atoms with Gasteiger partial charge in [0.25, 0.3) is 0 Å². The predicted molar refractivity (Wildman–Crippen MR) is 46.8 cm³/mol. The van der Waals surface area contributed by atoms with Crippen molar-refractivity contribution in [3.63, 3.8) is 0 Å². The molecule has 0 bridgehead atoms. The highest BCUT2D eigenvalue weighted by molar-refractivity contribution is 5.88. The minimum Gasteiger partial charge on any atom is -0.461 e. The third-order valence-electron chi connectivity index (χ3n) is 1.75. The Bertz CT molecular complexity index is 359. The van der Waals surface area contributed by atoms with Crippen LogP contribution >= 0.6 is 0 Å². The molecular formula is C9H10F3NO3. The lowest BCUT2D eigenvalue weighted by Gasteiger charge is -2.04. The molecule has 4 nitrogen and oxygen atoms in total. The Morgan fingerprint density at radius 1 is 1.56 bits per heavy atom. The predicted octanol–water partition coefficient (Wildman–Crippen LogP) is 2.35. The number of carbonyl (C=O) groups excluding carboxylic acids is 1. The van der Waals surface area contributed by atoms with E-state index in [1.165, 1.54) is 0 Å². The zero-order valence-electron chi connectivity index (χ0n) is 8.50. The second kappa shape index (κ2) is 5.00. The van der Waals surface area contributed by atoms with Crippen molar-refractivity contribution >= 4 is 5.97 Å². The summed E-state index contributed by atoms with van der Waals surface area (Å²) in [6, 6.07) is 0. The molecule has 0 aliphatic carbocycles. The van der Waals surface area contributed by atoms with Crippen molar-refractivity contribution in [3.05, 3.63) is 17.8 Å². The van der Waals surface area contributed by atoms with E-state index in [1.54, 1.807) is 6.92 Å². The van der Waals surface area contributed by atoms with Gasteiger partial charge in [-0.2, -0.15) is 13.2 Å². The number of oxazole rings is 1. The van der Waals surface area contributed by atoms with Crippen molar-refractivity contribution in [3.8, 4) is 0 Å².